The molecule has 0 aliphatic heterocycles. The van der Waals surface area contributed by atoms with Gasteiger partial charge in [0, 0.05) is 28.5 Å². The first-order valence-electron chi connectivity index (χ1n) is 11.9. The zero-order chi connectivity index (χ0) is 26.4. The average Bonchev–Trinajstić information content (AvgIpc) is 3.19. The lowest BCUT2D eigenvalue weighted by molar-refractivity contribution is 0.262. The Labute approximate surface area is 235 Å². The number of carbonyl (C=O) groups excluding carboxylic acids is 1. The number of halogens is 3. The van der Waals surface area contributed by atoms with E-state index in [-0.39, 0.29) is 6.03 Å². The number of fused-ring (bicyclic) bond motifs is 1. The second-order valence-corrected chi connectivity index (χ2v) is 10.7. The maximum absolute atomic E-state index is 12.3. The van der Waals surface area contributed by atoms with Gasteiger partial charge in [0.05, 0.1) is 9.72 Å². The molecule has 11 heteroatoms. The normalized spacial score (nSPS) is 11.2. The number of carbonyl (C=O) groups is 1. The van der Waals surface area contributed by atoms with E-state index < -0.39 is 0 Å². The van der Waals surface area contributed by atoms with Crippen molar-refractivity contribution in [2.75, 3.05) is 42.1 Å². The lowest BCUT2D eigenvalue weighted by Crippen LogP contribution is -2.25. The maximum Gasteiger partial charge on any atom is 0.323 e. The molecule has 0 saturated carbocycles. The van der Waals surface area contributed by atoms with E-state index in [1.807, 2.05) is 12.1 Å². The summed E-state index contributed by atoms with van der Waals surface area (Å²) in [6.45, 7) is 8.16. The van der Waals surface area contributed by atoms with E-state index in [9.17, 15) is 4.79 Å². The van der Waals surface area contributed by atoms with E-state index in [1.54, 1.807) is 36.4 Å². The Morgan fingerprint density at radius 2 is 1.54 bits per heavy atom. The maximum atomic E-state index is 12.3. The zero-order valence-corrected chi connectivity index (χ0v) is 23.5. The van der Waals surface area contributed by atoms with Crippen LogP contribution in [0.2, 0.25) is 14.4 Å². The van der Waals surface area contributed by atoms with Crippen molar-refractivity contribution in [1.82, 2.24) is 14.9 Å². The van der Waals surface area contributed by atoms with Crippen molar-refractivity contribution in [3.8, 4) is 11.4 Å². The van der Waals surface area contributed by atoms with Gasteiger partial charge in [-0.2, -0.15) is 0 Å². The number of hydrogen-bond donors (Lipinski definition) is 3. The van der Waals surface area contributed by atoms with Crippen molar-refractivity contribution in [3.63, 3.8) is 0 Å². The minimum absolute atomic E-state index is 0.358. The number of amides is 2. The number of benzene rings is 2. The van der Waals surface area contributed by atoms with Gasteiger partial charge in [-0.25, -0.2) is 14.8 Å². The molecule has 0 unspecified atom stereocenters. The smallest absolute Gasteiger partial charge is 0.323 e. The van der Waals surface area contributed by atoms with Gasteiger partial charge in [-0.3, -0.25) is 0 Å². The number of nitrogens with one attached hydrogen (secondary N) is 3. The third kappa shape index (κ3) is 7.03. The fourth-order valence-electron chi connectivity index (χ4n) is 3.75. The highest BCUT2D eigenvalue weighted by Crippen LogP contribution is 2.41. The van der Waals surface area contributed by atoms with Crippen LogP contribution in [0.5, 0.6) is 0 Å². The summed E-state index contributed by atoms with van der Waals surface area (Å²) in [6, 6.07) is 13.8. The summed E-state index contributed by atoms with van der Waals surface area (Å²) < 4.78 is 1.32. The van der Waals surface area contributed by atoms with E-state index in [1.165, 1.54) is 11.3 Å². The van der Waals surface area contributed by atoms with Gasteiger partial charge in [-0.1, -0.05) is 48.7 Å². The minimum Gasteiger partial charge on any atom is -0.369 e. The number of urea groups is 1. The molecule has 2 heterocycles. The Morgan fingerprint density at radius 1 is 0.919 bits per heavy atom. The molecule has 4 rings (SSSR count). The third-order valence-electron chi connectivity index (χ3n) is 5.78. The Morgan fingerprint density at radius 3 is 2.16 bits per heavy atom. The molecule has 3 N–H and O–H groups in total. The lowest BCUT2D eigenvalue weighted by atomic mass is 10.2. The summed E-state index contributed by atoms with van der Waals surface area (Å²) in [6.07, 6.45) is 0.980. The standard InChI is InChI=1S/C26H27Cl3N6OS/c1-3-35(4-2)15-5-14-30-25-22-21(20(28)23(29)37-22)33-24(34-25)16-6-10-18(11-7-16)31-26(36)32-19-12-8-17(27)9-13-19/h6-13H,3-5,14-15H2,1-2H3,(H,30,33,34)(H2,31,32,36). The molecule has 0 aliphatic carbocycles. The SMILES string of the molecule is CCN(CC)CCCNc1nc(-c2ccc(NC(=O)Nc3ccc(Cl)cc3)cc2)nc2c(Cl)c(Cl)sc12. The van der Waals surface area contributed by atoms with Crippen LogP contribution in [0.1, 0.15) is 20.3 Å². The number of nitrogens with zero attached hydrogens (tertiary/aromatic N) is 3. The molecule has 0 spiro atoms. The molecule has 2 aromatic carbocycles. The summed E-state index contributed by atoms with van der Waals surface area (Å²) in [5.41, 5.74) is 2.68. The third-order valence-corrected chi connectivity index (χ3v) is 8.00. The Kier molecular flexibility index (Phi) is 9.45. The van der Waals surface area contributed by atoms with Crippen LogP contribution >= 0.6 is 46.1 Å². The second-order valence-electron chi connectivity index (χ2n) is 8.23. The highest BCUT2D eigenvalue weighted by molar-refractivity contribution is 7.24. The van der Waals surface area contributed by atoms with Crippen LogP contribution in [-0.2, 0) is 0 Å². The van der Waals surface area contributed by atoms with Crippen LogP contribution in [0.4, 0.5) is 22.0 Å². The molecule has 4 aromatic rings. The molecular weight excluding hydrogens is 551 g/mol. The van der Waals surface area contributed by atoms with Gasteiger partial charge in [0.1, 0.15) is 15.7 Å². The molecule has 0 fully saturated rings. The molecule has 0 bridgehead atoms. The fraction of sp³-hybridized carbons (Fsp3) is 0.269. The van der Waals surface area contributed by atoms with Crippen molar-refractivity contribution >= 4 is 79.6 Å². The van der Waals surface area contributed by atoms with Crippen LogP contribution in [-0.4, -0.2) is 47.1 Å². The van der Waals surface area contributed by atoms with E-state index in [2.05, 4.69) is 39.7 Å². The summed E-state index contributed by atoms with van der Waals surface area (Å²) in [5.74, 6) is 1.23. The fourth-order valence-corrected chi connectivity index (χ4v) is 5.33. The molecule has 194 valence electrons. The van der Waals surface area contributed by atoms with Crippen LogP contribution in [0, 0.1) is 0 Å². The van der Waals surface area contributed by atoms with Gasteiger partial charge in [-0.15, -0.1) is 11.3 Å². The molecule has 0 aliphatic rings. The van der Waals surface area contributed by atoms with Crippen LogP contribution in [0.15, 0.2) is 48.5 Å². The van der Waals surface area contributed by atoms with Gasteiger partial charge in [0.15, 0.2) is 5.82 Å². The second kappa shape index (κ2) is 12.8. The number of anilines is 3. The zero-order valence-electron chi connectivity index (χ0n) is 20.4. The van der Waals surface area contributed by atoms with E-state index in [4.69, 9.17) is 39.8 Å². The van der Waals surface area contributed by atoms with Crippen molar-refractivity contribution in [3.05, 3.63) is 62.9 Å². The quantitative estimate of drug-likeness (QED) is 0.166. The highest BCUT2D eigenvalue weighted by Gasteiger charge is 2.17. The largest absolute Gasteiger partial charge is 0.369 e. The van der Waals surface area contributed by atoms with Crippen molar-refractivity contribution in [2.24, 2.45) is 0 Å². The summed E-state index contributed by atoms with van der Waals surface area (Å²) in [4.78, 5) is 24.2. The molecular formula is C26H27Cl3N6OS. The summed E-state index contributed by atoms with van der Waals surface area (Å²) in [5, 5.41) is 10.1. The Hall–Kier alpha value is -2.62. The van der Waals surface area contributed by atoms with E-state index in [0.717, 1.165) is 42.9 Å². The monoisotopic (exact) mass is 576 g/mol. The predicted octanol–water partition coefficient (Wildman–Crippen LogP) is 8.11. The molecule has 37 heavy (non-hydrogen) atoms. The number of aromatic nitrogens is 2. The molecule has 0 atom stereocenters. The molecule has 7 nitrogen and oxygen atoms in total. The van der Waals surface area contributed by atoms with Gasteiger partial charge in [-0.05, 0) is 74.6 Å². The first-order valence-corrected chi connectivity index (χ1v) is 13.9. The predicted molar refractivity (Wildman–Crippen MR) is 158 cm³/mol. The lowest BCUT2D eigenvalue weighted by Gasteiger charge is -2.18. The number of thiophene rings is 1. The van der Waals surface area contributed by atoms with Crippen LogP contribution in [0.3, 0.4) is 0 Å². The summed E-state index contributed by atoms with van der Waals surface area (Å²) >= 11 is 20.1. The van der Waals surface area contributed by atoms with Gasteiger partial charge in [0.2, 0.25) is 0 Å². The Balaban J connectivity index is 1.49. The first-order chi connectivity index (χ1) is 17.9. The average molecular weight is 578 g/mol. The van der Waals surface area contributed by atoms with Gasteiger partial charge in [0.25, 0.3) is 0 Å². The molecule has 0 radical (unpaired) electrons. The van der Waals surface area contributed by atoms with Crippen LogP contribution in [0.25, 0.3) is 21.6 Å². The molecule has 2 amide bonds. The van der Waals surface area contributed by atoms with Crippen LogP contribution < -0.4 is 16.0 Å². The number of hydrogen-bond acceptors (Lipinski definition) is 6. The minimum atomic E-state index is -0.358. The topological polar surface area (TPSA) is 82.2 Å². The van der Waals surface area contributed by atoms with Crippen molar-refractivity contribution in [1.29, 1.82) is 0 Å². The molecule has 2 aromatic heterocycles. The van der Waals surface area contributed by atoms with Gasteiger partial charge >= 0.3 is 6.03 Å². The Bertz CT molecular complexity index is 1360. The first kappa shape index (κ1) is 27.4. The summed E-state index contributed by atoms with van der Waals surface area (Å²) in [7, 11) is 0. The van der Waals surface area contributed by atoms with E-state index >= 15 is 0 Å². The number of rotatable bonds is 10. The molecule has 0 saturated heterocycles. The van der Waals surface area contributed by atoms with E-state index in [0.29, 0.717) is 42.9 Å². The highest BCUT2D eigenvalue weighted by atomic mass is 35.5. The van der Waals surface area contributed by atoms with Crippen molar-refractivity contribution in [2.45, 2.75) is 20.3 Å². The van der Waals surface area contributed by atoms with Gasteiger partial charge < -0.3 is 20.9 Å². The van der Waals surface area contributed by atoms with Crippen molar-refractivity contribution < 1.29 is 4.79 Å².